The Morgan fingerprint density at radius 2 is 1.58 bits per heavy atom. The molecule has 2 rings (SSSR count). The van der Waals surface area contributed by atoms with Crippen LogP contribution >= 0.6 is 39.1 Å². The predicted molar refractivity (Wildman–Crippen MR) is 74.0 cm³/mol. The van der Waals surface area contributed by atoms with Crippen molar-refractivity contribution in [3.8, 4) is 0 Å². The highest BCUT2D eigenvalue weighted by Crippen LogP contribution is 2.30. The fraction of sp³-hybridized carbons (Fsp3) is 0. The van der Waals surface area contributed by atoms with E-state index in [1.165, 1.54) is 24.3 Å². The number of ketones is 1. The molecule has 0 aliphatic heterocycles. The molecule has 0 unspecified atom stereocenters. The van der Waals surface area contributed by atoms with Gasteiger partial charge in [-0.3, -0.25) is 4.79 Å². The summed E-state index contributed by atoms with van der Waals surface area (Å²) in [6, 6.07) is 6.55. The monoisotopic (exact) mass is 364 g/mol. The summed E-state index contributed by atoms with van der Waals surface area (Å²) < 4.78 is 27.5. The standard InChI is InChI=1S/C13H5BrCl2F2O/c14-6-4-5-9(17)11(12(6)18)13(19)10-7(15)2-1-3-8(10)16/h1-5H. The van der Waals surface area contributed by atoms with Gasteiger partial charge in [0.25, 0.3) is 0 Å². The smallest absolute Gasteiger partial charge is 0.201 e. The van der Waals surface area contributed by atoms with E-state index in [1.807, 2.05) is 0 Å². The van der Waals surface area contributed by atoms with Crippen molar-refractivity contribution >= 4 is 44.9 Å². The maximum absolute atomic E-state index is 13.9. The van der Waals surface area contributed by atoms with E-state index in [-0.39, 0.29) is 20.1 Å². The van der Waals surface area contributed by atoms with Crippen LogP contribution in [0.2, 0.25) is 10.0 Å². The first-order valence-electron chi connectivity index (χ1n) is 5.05. The van der Waals surface area contributed by atoms with Crippen LogP contribution in [-0.2, 0) is 0 Å². The topological polar surface area (TPSA) is 17.1 Å². The summed E-state index contributed by atoms with van der Waals surface area (Å²) in [6.07, 6.45) is 0. The SMILES string of the molecule is O=C(c1c(Cl)cccc1Cl)c1c(F)ccc(Br)c1F. The third-order valence-corrected chi connectivity index (χ3v) is 3.70. The summed E-state index contributed by atoms with van der Waals surface area (Å²) in [7, 11) is 0. The highest BCUT2D eigenvalue weighted by Gasteiger charge is 2.24. The predicted octanol–water partition coefficient (Wildman–Crippen LogP) is 5.27. The summed E-state index contributed by atoms with van der Waals surface area (Å²) in [5.74, 6) is -2.85. The van der Waals surface area contributed by atoms with Crippen molar-refractivity contribution in [2.24, 2.45) is 0 Å². The summed E-state index contributed by atoms with van der Waals surface area (Å²) in [5, 5.41) is 0.0764. The average molecular weight is 366 g/mol. The van der Waals surface area contributed by atoms with Gasteiger partial charge in [0.15, 0.2) is 5.82 Å². The van der Waals surface area contributed by atoms with Gasteiger partial charge in [0, 0.05) is 0 Å². The van der Waals surface area contributed by atoms with Gasteiger partial charge < -0.3 is 0 Å². The van der Waals surface area contributed by atoms with Crippen LogP contribution in [0.1, 0.15) is 15.9 Å². The minimum Gasteiger partial charge on any atom is -0.288 e. The van der Waals surface area contributed by atoms with Crippen molar-refractivity contribution in [2.75, 3.05) is 0 Å². The molecule has 19 heavy (non-hydrogen) atoms. The van der Waals surface area contributed by atoms with Gasteiger partial charge in [0.05, 0.1) is 25.6 Å². The molecule has 0 aliphatic carbocycles. The van der Waals surface area contributed by atoms with Crippen LogP contribution in [0.3, 0.4) is 0 Å². The van der Waals surface area contributed by atoms with Crippen molar-refractivity contribution in [3.63, 3.8) is 0 Å². The molecule has 1 nitrogen and oxygen atoms in total. The van der Waals surface area contributed by atoms with Gasteiger partial charge in [-0.2, -0.15) is 0 Å². The van der Waals surface area contributed by atoms with Crippen molar-refractivity contribution in [2.45, 2.75) is 0 Å². The van der Waals surface area contributed by atoms with Gasteiger partial charge in [-0.25, -0.2) is 8.78 Å². The average Bonchev–Trinajstić information content (AvgIpc) is 2.34. The Bertz CT molecular complexity index is 654. The Balaban J connectivity index is 2.67. The fourth-order valence-corrected chi connectivity index (χ4v) is 2.47. The first-order chi connectivity index (χ1) is 8.93. The number of carbonyl (C=O) groups excluding carboxylic acids is 1. The van der Waals surface area contributed by atoms with E-state index in [4.69, 9.17) is 23.2 Å². The Kier molecular flexibility index (Phi) is 4.23. The molecule has 0 aromatic heterocycles. The Morgan fingerprint density at radius 1 is 1.00 bits per heavy atom. The molecule has 0 amide bonds. The highest BCUT2D eigenvalue weighted by molar-refractivity contribution is 9.10. The molecule has 0 aliphatic rings. The molecular weight excluding hydrogens is 361 g/mol. The zero-order valence-corrected chi connectivity index (χ0v) is 12.3. The summed E-state index contributed by atoms with van der Waals surface area (Å²) in [4.78, 5) is 12.2. The van der Waals surface area contributed by atoms with Crippen molar-refractivity contribution in [1.29, 1.82) is 0 Å². The van der Waals surface area contributed by atoms with Crippen molar-refractivity contribution in [1.82, 2.24) is 0 Å². The highest BCUT2D eigenvalue weighted by atomic mass is 79.9. The molecule has 0 radical (unpaired) electrons. The van der Waals surface area contributed by atoms with E-state index in [0.717, 1.165) is 6.07 Å². The number of rotatable bonds is 2. The lowest BCUT2D eigenvalue weighted by molar-refractivity contribution is 0.103. The van der Waals surface area contributed by atoms with Gasteiger partial charge in [-0.1, -0.05) is 29.3 Å². The fourth-order valence-electron chi connectivity index (χ4n) is 1.57. The second kappa shape index (κ2) is 5.57. The molecule has 0 N–H and O–H groups in total. The third kappa shape index (κ3) is 2.66. The van der Waals surface area contributed by atoms with E-state index >= 15 is 0 Å². The molecule has 0 heterocycles. The van der Waals surface area contributed by atoms with E-state index in [2.05, 4.69) is 15.9 Å². The third-order valence-electron chi connectivity index (χ3n) is 2.46. The van der Waals surface area contributed by atoms with Crippen molar-refractivity contribution < 1.29 is 13.6 Å². The molecule has 0 spiro atoms. The Labute approximate surface area is 126 Å². The zero-order chi connectivity index (χ0) is 14.2. The first-order valence-corrected chi connectivity index (χ1v) is 6.60. The van der Waals surface area contributed by atoms with Crippen LogP contribution in [0.15, 0.2) is 34.8 Å². The minimum absolute atomic E-state index is 0.0135. The molecule has 0 fully saturated rings. The second-order valence-corrected chi connectivity index (χ2v) is 5.31. The van der Waals surface area contributed by atoms with E-state index < -0.39 is 23.0 Å². The number of halogens is 5. The van der Waals surface area contributed by atoms with Gasteiger partial charge in [-0.15, -0.1) is 0 Å². The lowest BCUT2D eigenvalue weighted by atomic mass is 10.0. The van der Waals surface area contributed by atoms with Crippen LogP contribution in [0.5, 0.6) is 0 Å². The van der Waals surface area contributed by atoms with Gasteiger partial charge in [0.1, 0.15) is 5.82 Å². The first kappa shape index (κ1) is 14.4. The normalized spacial score (nSPS) is 10.6. The molecule has 0 atom stereocenters. The maximum Gasteiger partial charge on any atom is 0.201 e. The molecule has 2 aromatic carbocycles. The molecule has 98 valence electrons. The second-order valence-electron chi connectivity index (χ2n) is 3.64. The summed E-state index contributed by atoms with van der Waals surface area (Å²) in [5.41, 5.74) is -0.814. The quantitative estimate of drug-likeness (QED) is 0.523. The molecule has 0 saturated carbocycles. The Morgan fingerprint density at radius 3 is 2.16 bits per heavy atom. The van der Waals surface area contributed by atoms with Crippen LogP contribution < -0.4 is 0 Å². The van der Waals surface area contributed by atoms with Crippen molar-refractivity contribution in [3.05, 3.63) is 67.6 Å². The van der Waals surface area contributed by atoms with Crippen LogP contribution in [0, 0.1) is 11.6 Å². The number of hydrogen-bond acceptors (Lipinski definition) is 1. The van der Waals surface area contributed by atoms with Gasteiger partial charge >= 0.3 is 0 Å². The van der Waals surface area contributed by atoms with Crippen LogP contribution in [-0.4, -0.2) is 5.78 Å². The molecular formula is C13H5BrCl2F2O. The largest absolute Gasteiger partial charge is 0.288 e. The maximum atomic E-state index is 13.9. The van der Waals surface area contributed by atoms with Crippen LogP contribution in [0.4, 0.5) is 8.78 Å². The molecule has 6 heteroatoms. The molecule has 2 aromatic rings. The zero-order valence-electron chi connectivity index (χ0n) is 9.18. The molecule has 0 bridgehead atoms. The van der Waals surface area contributed by atoms with Gasteiger partial charge in [-0.05, 0) is 40.2 Å². The summed E-state index contributed by atoms with van der Waals surface area (Å²) >= 11 is 14.6. The van der Waals surface area contributed by atoms with E-state index in [1.54, 1.807) is 0 Å². The lowest BCUT2D eigenvalue weighted by Gasteiger charge is -2.08. The Hall–Kier alpha value is -0.970. The number of carbonyl (C=O) groups is 1. The van der Waals surface area contributed by atoms with E-state index in [9.17, 15) is 13.6 Å². The number of benzene rings is 2. The van der Waals surface area contributed by atoms with Crippen LogP contribution in [0.25, 0.3) is 0 Å². The molecule has 0 saturated heterocycles. The van der Waals surface area contributed by atoms with Gasteiger partial charge in [0.2, 0.25) is 5.78 Å². The van der Waals surface area contributed by atoms with E-state index in [0.29, 0.717) is 0 Å². The summed E-state index contributed by atoms with van der Waals surface area (Å²) in [6.45, 7) is 0. The number of hydrogen-bond donors (Lipinski definition) is 0. The minimum atomic E-state index is -0.985. The lowest BCUT2D eigenvalue weighted by Crippen LogP contribution is -2.09.